The quantitative estimate of drug-likeness (QED) is 0.575. The number of carbonyl (C=O) groups excluding carboxylic acids is 1. The Morgan fingerprint density at radius 2 is 1.89 bits per heavy atom. The molecule has 0 fully saturated rings. The number of alkyl halides is 3. The molecule has 3 nitrogen and oxygen atoms in total. The molecular weight excluding hydrogens is 397 g/mol. The van der Waals surface area contributed by atoms with Crippen LogP contribution in [0.5, 0.6) is 0 Å². The van der Waals surface area contributed by atoms with Crippen LogP contribution in [-0.2, 0) is 17.4 Å². The molecule has 0 saturated carbocycles. The zero-order valence-corrected chi connectivity index (χ0v) is 15.7. The first-order valence-electron chi connectivity index (χ1n) is 7.90. The fourth-order valence-electron chi connectivity index (χ4n) is 2.41. The van der Waals surface area contributed by atoms with Crippen LogP contribution in [0.25, 0.3) is 10.6 Å². The van der Waals surface area contributed by atoms with Gasteiger partial charge in [-0.3, -0.25) is 4.79 Å². The predicted molar refractivity (Wildman–Crippen MR) is 101 cm³/mol. The van der Waals surface area contributed by atoms with Gasteiger partial charge in [-0.15, -0.1) is 11.3 Å². The maximum Gasteiger partial charge on any atom is 0.416 e. The van der Waals surface area contributed by atoms with Gasteiger partial charge in [0.05, 0.1) is 17.7 Å². The molecule has 1 amide bonds. The number of aryl methyl sites for hydroxylation is 1. The van der Waals surface area contributed by atoms with Gasteiger partial charge in [-0.2, -0.15) is 13.2 Å². The Balaban J connectivity index is 1.69. The Labute approximate surface area is 162 Å². The Bertz CT molecular complexity index is 968. The number of hydrogen-bond acceptors (Lipinski definition) is 3. The number of benzene rings is 2. The van der Waals surface area contributed by atoms with E-state index >= 15 is 0 Å². The third-order valence-corrected chi connectivity index (χ3v) is 5.00. The molecular formula is C19H14ClF3N2OS. The summed E-state index contributed by atoms with van der Waals surface area (Å²) in [4.78, 5) is 16.6. The molecule has 1 heterocycles. The number of aromatic nitrogens is 1. The molecule has 0 saturated heterocycles. The lowest BCUT2D eigenvalue weighted by Gasteiger charge is -2.08. The molecule has 0 spiro atoms. The zero-order chi connectivity index (χ0) is 19.6. The van der Waals surface area contributed by atoms with Crippen molar-refractivity contribution in [1.29, 1.82) is 0 Å². The minimum absolute atomic E-state index is 0.0586. The van der Waals surface area contributed by atoms with Crippen molar-refractivity contribution in [2.24, 2.45) is 0 Å². The van der Waals surface area contributed by atoms with Crippen LogP contribution < -0.4 is 5.32 Å². The number of nitrogens with one attached hydrogen (secondary N) is 1. The van der Waals surface area contributed by atoms with E-state index in [0.717, 1.165) is 17.7 Å². The van der Waals surface area contributed by atoms with Crippen molar-refractivity contribution in [2.75, 3.05) is 5.32 Å². The molecule has 0 unspecified atom stereocenters. The van der Waals surface area contributed by atoms with Crippen LogP contribution >= 0.6 is 22.9 Å². The molecule has 0 aliphatic carbocycles. The van der Waals surface area contributed by atoms with Crippen LogP contribution in [0.2, 0.25) is 5.02 Å². The fraction of sp³-hybridized carbons (Fsp3) is 0.158. The van der Waals surface area contributed by atoms with Gasteiger partial charge < -0.3 is 5.32 Å². The van der Waals surface area contributed by atoms with Crippen molar-refractivity contribution in [3.63, 3.8) is 0 Å². The van der Waals surface area contributed by atoms with Gasteiger partial charge in [-0.1, -0.05) is 29.8 Å². The average Bonchev–Trinajstić information content (AvgIpc) is 3.06. The first-order valence-corrected chi connectivity index (χ1v) is 9.16. The van der Waals surface area contributed by atoms with Crippen molar-refractivity contribution in [3.8, 4) is 10.6 Å². The number of rotatable bonds is 4. The summed E-state index contributed by atoms with van der Waals surface area (Å²) in [7, 11) is 0. The zero-order valence-electron chi connectivity index (χ0n) is 14.1. The highest BCUT2D eigenvalue weighted by Gasteiger charge is 2.30. The second-order valence-electron chi connectivity index (χ2n) is 5.90. The Morgan fingerprint density at radius 1 is 1.19 bits per heavy atom. The first-order chi connectivity index (χ1) is 12.7. The summed E-state index contributed by atoms with van der Waals surface area (Å²) in [6.07, 6.45) is -4.31. The van der Waals surface area contributed by atoms with Crippen molar-refractivity contribution in [1.82, 2.24) is 4.98 Å². The van der Waals surface area contributed by atoms with Crippen LogP contribution in [0.3, 0.4) is 0 Å². The largest absolute Gasteiger partial charge is 0.416 e. The maximum absolute atomic E-state index is 12.6. The lowest BCUT2D eigenvalue weighted by molar-refractivity contribution is -0.137. The molecule has 27 heavy (non-hydrogen) atoms. The van der Waals surface area contributed by atoms with Gasteiger partial charge in [0, 0.05) is 21.7 Å². The van der Waals surface area contributed by atoms with Crippen molar-refractivity contribution in [2.45, 2.75) is 19.5 Å². The highest BCUT2D eigenvalue weighted by Crippen LogP contribution is 2.32. The molecule has 0 bridgehead atoms. The molecule has 2 aromatic carbocycles. The third kappa shape index (κ3) is 4.87. The highest BCUT2D eigenvalue weighted by molar-refractivity contribution is 7.13. The minimum atomic E-state index is -4.37. The summed E-state index contributed by atoms with van der Waals surface area (Å²) in [5.41, 5.74) is 1.93. The van der Waals surface area contributed by atoms with Crippen LogP contribution in [0.1, 0.15) is 16.8 Å². The lowest BCUT2D eigenvalue weighted by atomic mass is 10.1. The van der Waals surface area contributed by atoms with Crippen molar-refractivity contribution in [3.05, 3.63) is 69.7 Å². The standard InChI is InChI=1S/C19H14ClF3N2OS/c1-11-2-7-14(20)8-16(11)25-17(26)9-15-10-27-18(24-15)12-3-5-13(6-4-12)19(21,22)23/h2-8,10H,9H2,1H3,(H,25,26). The second kappa shape index (κ2) is 7.70. The highest BCUT2D eigenvalue weighted by atomic mass is 35.5. The average molecular weight is 411 g/mol. The molecule has 0 aliphatic heterocycles. The molecule has 8 heteroatoms. The normalized spacial score (nSPS) is 11.4. The molecule has 0 radical (unpaired) electrons. The molecule has 1 aromatic heterocycles. The lowest BCUT2D eigenvalue weighted by Crippen LogP contribution is -2.15. The minimum Gasteiger partial charge on any atom is -0.325 e. The Kier molecular flexibility index (Phi) is 5.53. The van der Waals surface area contributed by atoms with Gasteiger partial charge in [-0.05, 0) is 36.8 Å². The molecule has 1 N–H and O–H groups in total. The first kappa shape index (κ1) is 19.4. The van der Waals surface area contributed by atoms with Crippen LogP contribution in [-0.4, -0.2) is 10.9 Å². The van der Waals surface area contributed by atoms with Crippen LogP contribution in [0.4, 0.5) is 18.9 Å². The molecule has 0 aliphatic rings. The topological polar surface area (TPSA) is 42.0 Å². The SMILES string of the molecule is Cc1ccc(Cl)cc1NC(=O)Cc1csc(-c2ccc(C(F)(F)F)cc2)n1. The van der Waals surface area contributed by atoms with Gasteiger partial charge >= 0.3 is 6.18 Å². The van der Waals surface area contributed by atoms with E-state index in [4.69, 9.17) is 11.6 Å². The van der Waals surface area contributed by atoms with Gasteiger partial charge in [0.2, 0.25) is 5.91 Å². The van der Waals surface area contributed by atoms with Gasteiger partial charge in [0.15, 0.2) is 0 Å². The Morgan fingerprint density at radius 3 is 2.56 bits per heavy atom. The summed E-state index contributed by atoms with van der Waals surface area (Å²) in [6.45, 7) is 1.86. The summed E-state index contributed by atoms with van der Waals surface area (Å²) in [5.74, 6) is -0.246. The Hall–Kier alpha value is -2.38. The number of hydrogen-bond donors (Lipinski definition) is 1. The maximum atomic E-state index is 12.6. The van der Waals surface area contributed by atoms with Gasteiger partial charge in [0.1, 0.15) is 5.01 Å². The molecule has 3 rings (SSSR count). The molecule has 3 aromatic rings. The van der Waals surface area contributed by atoms with E-state index in [1.807, 2.05) is 13.0 Å². The van der Waals surface area contributed by atoms with E-state index in [-0.39, 0.29) is 12.3 Å². The molecule has 140 valence electrons. The van der Waals surface area contributed by atoms with E-state index in [2.05, 4.69) is 10.3 Å². The third-order valence-electron chi connectivity index (χ3n) is 3.83. The summed E-state index contributed by atoms with van der Waals surface area (Å²) in [6, 6.07) is 10.0. The molecule has 0 atom stereocenters. The number of halogens is 4. The predicted octanol–water partition coefficient (Wildman–Crippen LogP) is 5.97. The van der Waals surface area contributed by atoms with Gasteiger partial charge in [0.25, 0.3) is 0 Å². The smallest absolute Gasteiger partial charge is 0.325 e. The summed E-state index contributed by atoms with van der Waals surface area (Å²) < 4.78 is 37.9. The van der Waals surface area contributed by atoms with Crippen LogP contribution in [0, 0.1) is 6.92 Å². The van der Waals surface area contributed by atoms with Crippen molar-refractivity contribution >= 4 is 34.5 Å². The fourth-order valence-corrected chi connectivity index (χ4v) is 3.41. The van der Waals surface area contributed by atoms with E-state index < -0.39 is 11.7 Å². The number of thiazole rings is 1. The van der Waals surface area contributed by atoms with E-state index in [1.54, 1.807) is 17.5 Å². The van der Waals surface area contributed by atoms with E-state index in [9.17, 15) is 18.0 Å². The summed E-state index contributed by atoms with van der Waals surface area (Å²) in [5, 5.41) is 5.59. The van der Waals surface area contributed by atoms with Gasteiger partial charge in [-0.25, -0.2) is 4.98 Å². The van der Waals surface area contributed by atoms with E-state index in [0.29, 0.717) is 27.0 Å². The number of anilines is 1. The summed E-state index contributed by atoms with van der Waals surface area (Å²) >= 11 is 7.21. The van der Waals surface area contributed by atoms with Crippen LogP contribution in [0.15, 0.2) is 47.8 Å². The number of nitrogens with zero attached hydrogens (tertiary/aromatic N) is 1. The number of carbonyl (C=O) groups is 1. The second-order valence-corrected chi connectivity index (χ2v) is 7.20. The van der Waals surface area contributed by atoms with Crippen molar-refractivity contribution < 1.29 is 18.0 Å². The number of amides is 1. The monoisotopic (exact) mass is 410 g/mol. The van der Waals surface area contributed by atoms with E-state index in [1.165, 1.54) is 23.5 Å².